The molecule has 0 aliphatic rings. The van der Waals surface area contributed by atoms with Gasteiger partial charge < -0.3 is 29.0 Å². The van der Waals surface area contributed by atoms with E-state index in [1.54, 1.807) is 36.4 Å². The Morgan fingerprint density at radius 2 is 0.658 bits per heavy atom. The second kappa shape index (κ2) is 24.3. The number of fused-ring (bicyclic) bond motifs is 6. The number of aryl methyl sites for hydroxylation is 3. The van der Waals surface area contributed by atoms with E-state index >= 15 is 0 Å². The molecule has 0 aliphatic carbocycles. The third kappa shape index (κ3) is 11.5. The van der Waals surface area contributed by atoms with Crippen molar-refractivity contribution in [2.45, 2.75) is 78.9 Å². The monoisotopic (exact) mass is 1190 g/mol. The molecule has 16 heteroatoms. The van der Waals surface area contributed by atoms with Crippen molar-refractivity contribution in [1.82, 2.24) is 43.6 Å². The van der Waals surface area contributed by atoms with Crippen LogP contribution >= 0.6 is 34.8 Å². The van der Waals surface area contributed by atoms with Gasteiger partial charge in [0.1, 0.15) is 17.1 Å². The van der Waals surface area contributed by atoms with Gasteiger partial charge in [-0.05, 0) is 108 Å². The molecule has 379 valence electrons. The van der Waals surface area contributed by atoms with Crippen molar-refractivity contribution in [2.75, 3.05) is 0 Å². The molecule has 0 saturated carbocycles. The average Bonchev–Trinajstić information content (AvgIpc) is 4.11. The van der Waals surface area contributed by atoms with Crippen LogP contribution in [0.2, 0.25) is 15.1 Å². The number of hydrogen-bond acceptors (Lipinski definition) is 9. The molecule has 1 radical (unpaired) electrons. The van der Waals surface area contributed by atoms with Crippen LogP contribution in [0.3, 0.4) is 0 Å². The maximum absolute atomic E-state index is 12.1. The summed E-state index contributed by atoms with van der Waals surface area (Å²) in [5.74, 6) is 2.11. The van der Waals surface area contributed by atoms with Gasteiger partial charge in [0.15, 0.2) is 17.5 Å². The van der Waals surface area contributed by atoms with Crippen molar-refractivity contribution in [3.63, 3.8) is 0 Å². The molecular formula is C60H51Cl3N9NdO3. The molecule has 0 spiro atoms. The van der Waals surface area contributed by atoms with Crippen molar-refractivity contribution in [3.8, 4) is 51.8 Å². The summed E-state index contributed by atoms with van der Waals surface area (Å²) in [7, 11) is 0. The predicted molar refractivity (Wildman–Crippen MR) is 300 cm³/mol. The van der Waals surface area contributed by atoms with Crippen LogP contribution in [0.1, 0.15) is 59.3 Å². The number of para-hydroxylation sites is 3. The van der Waals surface area contributed by atoms with Crippen LogP contribution in [0.15, 0.2) is 146 Å². The van der Waals surface area contributed by atoms with E-state index in [9.17, 15) is 15.3 Å². The second-order valence-electron chi connectivity index (χ2n) is 18.3. The first-order chi connectivity index (χ1) is 36.5. The minimum Gasteiger partial charge on any atom is -0.871 e. The number of imidazole rings is 3. The normalized spacial score (nSPS) is 11.3. The Kier molecular flexibility index (Phi) is 17.4. The molecule has 12 nitrogen and oxygen atoms in total. The fraction of sp³-hybridized carbons (Fsp3) is 0.200. The van der Waals surface area contributed by atoms with Gasteiger partial charge in [-0.25, -0.2) is 29.9 Å². The maximum atomic E-state index is 12.1. The summed E-state index contributed by atoms with van der Waals surface area (Å²) in [5.41, 5.74) is 9.19. The van der Waals surface area contributed by atoms with Crippen LogP contribution in [-0.2, 0) is 19.6 Å². The van der Waals surface area contributed by atoms with E-state index < -0.39 is 0 Å². The van der Waals surface area contributed by atoms with Crippen LogP contribution in [0.25, 0.3) is 100 Å². The number of benzene rings is 6. The zero-order valence-corrected chi connectivity index (χ0v) is 47.6. The summed E-state index contributed by atoms with van der Waals surface area (Å²) in [6.07, 6.45) is 6.34. The van der Waals surface area contributed by atoms with Crippen LogP contribution in [-0.4, -0.2) is 43.6 Å². The minimum atomic E-state index is -0.0707. The molecule has 0 unspecified atom stereocenters. The third-order valence-corrected chi connectivity index (χ3v) is 13.8. The molecular weight excluding hydrogens is 1150 g/mol. The number of aromatic nitrogens is 9. The molecule has 0 amide bonds. The minimum absolute atomic E-state index is 0. The predicted octanol–water partition coefficient (Wildman–Crippen LogP) is 14.3. The molecule has 0 bridgehead atoms. The molecule has 0 aliphatic heterocycles. The number of unbranched alkanes of at least 4 members (excludes halogenated alkanes) is 3. The van der Waals surface area contributed by atoms with Gasteiger partial charge in [-0.3, -0.25) is 0 Å². The van der Waals surface area contributed by atoms with Crippen molar-refractivity contribution in [2.24, 2.45) is 0 Å². The van der Waals surface area contributed by atoms with E-state index in [0.29, 0.717) is 48.7 Å². The van der Waals surface area contributed by atoms with Crippen LogP contribution < -0.4 is 15.3 Å². The zero-order chi connectivity index (χ0) is 52.2. The SMILES string of the molecule is CCCCn1c(-c2ccc3cccc([O-])c3n2)nc2ccc(Cl)cc21.CCCCn1c(-c2ccc3cccc([O-])c3n2)nc2ccc(Cl)cc21.CCCCn1c(-c2ccc3cccc([O-])c3n2)nc2ccc(Cl)cc21.[Nd+3]. The molecule has 0 saturated heterocycles. The third-order valence-electron chi connectivity index (χ3n) is 13.1. The molecule has 6 heterocycles. The quantitative estimate of drug-likeness (QED) is 0.116. The Balaban J connectivity index is 0.000000138. The van der Waals surface area contributed by atoms with Gasteiger partial charge in [0.05, 0.1) is 49.7 Å². The number of pyridine rings is 3. The molecule has 6 aromatic heterocycles. The standard InChI is InChI=1S/3C20H18ClN3O.Nd/c3*1-2-3-11-24-17-12-14(21)8-10-15(17)23-20(24)16-9-7-13-5-4-6-18(25)19(13)22-16;/h3*4-10,12,25H,2-3,11H2,1H3;/q;;;+3/p-3. The van der Waals surface area contributed by atoms with Gasteiger partial charge in [0, 0.05) is 34.7 Å². The van der Waals surface area contributed by atoms with Crippen LogP contribution in [0.4, 0.5) is 0 Å². The van der Waals surface area contributed by atoms with Gasteiger partial charge in [0.2, 0.25) is 0 Å². The average molecular weight is 1200 g/mol. The van der Waals surface area contributed by atoms with E-state index in [1.165, 1.54) is 0 Å². The maximum Gasteiger partial charge on any atom is 3.00 e. The van der Waals surface area contributed by atoms with E-state index in [0.717, 1.165) is 125 Å². The summed E-state index contributed by atoms with van der Waals surface area (Å²) in [6.45, 7) is 8.97. The fourth-order valence-electron chi connectivity index (χ4n) is 9.24. The van der Waals surface area contributed by atoms with Gasteiger partial charge in [-0.1, -0.05) is 165 Å². The largest absolute Gasteiger partial charge is 3.00 e. The Bertz CT molecular complexity index is 3630. The second-order valence-corrected chi connectivity index (χ2v) is 19.6. The summed E-state index contributed by atoms with van der Waals surface area (Å²) in [5, 5.41) is 41.0. The smallest absolute Gasteiger partial charge is 0.871 e. The number of halogens is 3. The molecule has 0 N–H and O–H groups in total. The van der Waals surface area contributed by atoms with Crippen molar-refractivity contribution < 1.29 is 56.2 Å². The van der Waals surface area contributed by atoms with Crippen molar-refractivity contribution in [3.05, 3.63) is 161 Å². The Morgan fingerprint density at radius 3 is 0.934 bits per heavy atom. The Labute approximate surface area is 487 Å². The number of hydrogen-bond donors (Lipinski definition) is 0. The van der Waals surface area contributed by atoms with E-state index in [1.807, 2.05) is 109 Å². The zero-order valence-electron chi connectivity index (χ0n) is 42.1. The Hall–Kier alpha value is -6.42. The summed E-state index contributed by atoms with van der Waals surface area (Å²) < 4.78 is 6.44. The fourth-order valence-corrected chi connectivity index (χ4v) is 9.73. The van der Waals surface area contributed by atoms with Crippen molar-refractivity contribution >= 4 is 101 Å². The molecule has 12 rings (SSSR count). The van der Waals surface area contributed by atoms with Crippen LogP contribution in [0.5, 0.6) is 17.2 Å². The van der Waals surface area contributed by atoms with Crippen molar-refractivity contribution in [1.29, 1.82) is 0 Å². The van der Waals surface area contributed by atoms with Gasteiger partial charge >= 0.3 is 40.8 Å². The summed E-state index contributed by atoms with van der Waals surface area (Å²) in [4.78, 5) is 28.1. The number of rotatable bonds is 12. The van der Waals surface area contributed by atoms with E-state index in [4.69, 9.17) is 49.8 Å². The van der Waals surface area contributed by atoms with Crippen LogP contribution in [0, 0.1) is 40.8 Å². The molecule has 76 heavy (non-hydrogen) atoms. The first-order valence-corrected chi connectivity index (χ1v) is 26.3. The topological polar surface area (TPSA) is 161 Å². The van der Waals surface area contributed by atoms with E-state index in [-0.39, 0.29) is 58.1 Å². The summed E-state index contributed by atoms with van der Waals surface area (Å²) >= 11 is 18.5. The first kappa shape index (κ1) is 54.4. The van der Waals surface area contributed by atoms with Gasteiger partial charge in [-0.15, -0.1) is 0 Å². The van der Waals surface area contributed by atoms with Gasteiger partial charge in [-0.2, -0.15) is 0 Å². The number of nitrogens with zero attached hydrogens (tertiary/aromatic N) is 9. The van der Waals surface area contributed by atoms with E-state index in [2.05, 4.69) is 49.4 Å². The molecule has 12 aromatic rings. The molecule has 0 fully saturated rings. The van der Waals surface area contributed by atoms with Gasteiger partial charge in [0.25, 0.3) is 0 Å². The molecule has 6 aromatic carbocycles. The first-order valence-electron chi connectivity index (χ1n) is 25.2. The summed E-state index contributed by atoms with van der Waals surface area (Å²) in [6, 6.07) is 44.2. The molecule has 0 atom stereocenters. The Morgan fingerprint density at radius 1 is 0.368 bits per heavy atom.